The zero-order valence-electron chi connectivity index (χ0n) is 10.3. The lowest BCUT2D eigenvalue weighted by atomic mass is 10.1. The fourth-order valence-electron chi connectivity index (χ4n) is 1.81. The van der Waals surface area contributed by atoms with Crippen molar-refractivity contribution in [2.75, 3.05) is 0 Å². The van der Waals surface area contributed by atoms with Crippen LogP contribution in [0.2, 0.25) is 0 Å². The molecule has 0 radical (unpaired) electrons. The monoisotopic (exact) mass is 295 g/mol. The summed E-state index contributed by atoms with van der Waals surface area (Å²) in [6, 6.07) is 5.67. The van der Waals surface area contributed by atoms with Gasteiger partial charge in [0.1, 0.15) is 11.4 Å². The van der Waals surface area contributed by atoms with E-state index in [9.17, 15) is 9.59 Å². The van der Waals surface area contributed by atoms with Gasteiger partial charge in [-0.3, -0.25) is 9.59 Å². The molecule has 0 saturated heterocycles. The van der Waals surface area contributed by atoms with Crippen LogP contribution in [0.1, 0.15) is 30.7 Å². The van der Waals surface area contributed by atoms with Gasteiger partial charge in [-0.1, -0.05) is 13.0 Å². The number of nitrogens with zero attached hydrogens (tertiary/aromatic N) is 1. The summed E-state index contributed by atoms with van der Waals surface area (Å²) in [5.41, 5.74) is 2.40. The molecule has 2 rings (SSSR count). The summed E-state index contributed by atoms with van der Waals surface area (Å²) in [4.78, 5) is 26.8. The topological polar surface area (TPSA) is 60.2 Å². The van der Waals surface area contributed by atoms with Gasteiger partial charge in [0.05, 0.1) is 0 Å². The molecule has 2 aromatic rings. The van der Waals surface area contributed by atoms with Gasteiger partial charge in [-0.05, 0) is 24.1 Å². The molecule has 0 amide bonds. The molecule has 0 N–H and O–H groups in total. The molecule has 0 aliphatic heterocycles. The summed E-state index contributed by atoms with van der Waals surface area (Å²) in [7, 11) is 0. The van der Waals surface area contributed by atoms with E-state index < -0.39 is 16.1 Å². The van der Waals surface area contributed by atoms with E-state index in [2.05, 4.69) is 30.2 Å². The molecule has 0 aliphatic rings. The highest BCUT2D eigenvalue weighted by molar-refractivity contribution is 7.97. The van der Waals surface area contributed by atoms with Gasteiger partial charge < -0.3 is 4.42 Å². The van der Waals surface area contributed by atoms with Gasteiger partial charge >= 0.3 is 0 Å². The second kappa shape index (κ2) is 5.79. The van der Waals surface area contributed by atoms with Gasteiger partial charge in [0.15, 0.2) is 15.8 Å². The van der Waals surface area contributed by atoms with Crippen LogP contribution >= 0.6 is 25.3 Å². The maximum atomic E-state index is 11.5. The maximum Gasteiger partial charge on any atom is 0.207 e. The van der Waals surface area contributed by atoms with Crippen molar-refractivity contribution in [3.8, 4) is 0 Å². The van der Waals surface area contributed by atoms with Gasteiger partial charge in [0.25, 0.3) is 0 Å². The van der Waals surface area contributed by atoms with Crippen LogP contribution in [0, 0.1) is 0 Å². The van der Waals surface area contributed by atoms with E-state index in [0.29, 0.717) is 11.1 Å². The lowest BCUT2D eigenvalue weighted by Gasteiger charge is -2.05. The first-order valence-electron chi connectivity index (χ1n) is 5.85. The number of benzene rings is 1. The van der Waals surface area contributed by atoms with Gasteiger partial charge in [0.2, 0.25) is 5.89 Å². The van der Waals surface area contributed by atoms with E-state index in [4.69, 9.17) is 4.42 Å². The van der Waals surface area contributed by atoms with Crippen LogP contribution in [-0.2, 0) is 16.0 Å². The zero-order valence-corrected chi connectivity index (χ0v) is 12.1. The van der Waals surface area contributed by atoms with Crippen LogP contribution in [0.5, 0.6) is 0 Å². The summed E-state index contributed by atoms with van der Waals surface area (Å²) in [6.07, 6.45) is 0.814. The van der Waals surface area contributed by atoms with Gasteiger partial charge in [-0.25, -0.2) is 4.98 Å². The van der Waals surface area contributed by atoms with E-state index in [1.807, 2.05) is 25.1 Å². The van der Waals surface area contributed by atoms with Crippen LogP contribution in [-0.4, -0.2) is 15.2 Å². The summed E-state index contributed by atoms with van der Waals surface area (Å²) >= 11 is 7.46. The minimum absolute atomic E-state index is 0.0705. The Morgan fingerprint density at radius 1 is 1.37 bits per heavy atom. The molecule has 0 fully saturated rings. The van der Waals surface area contributed by atoms with Crippen molar-refractivity contribution in [2.24, 2.45) is 0 Å². The highest BCUT2D eigenvalue weighted by Crippen LogP contribution is 2.27. The van der Waals surface area contributed by atoms with Gasteiger partial charge in [-0.15, -0.1) is 25.3 Å². The first-order valence-corrected chi connectivity index (χ1v) is 6.74. The predicted molar refractivity (Wildman–Crippen MR) is 78.7 cm³/mol. The SMILES string of the molecule is CCc1ccc2nc(C(CC(=O)S)C(=O)S)oc2c1. The van der Waals surface area contributed by atoms with Crippen LogP contribution < -0.4 is 0 Å². The molecule has 0 aliphatic carbocycles. The number of fused-ring (bicyclic) bond motifs is 1. The molecule has 100 valence electrons. The van der Waals surface area contributed by atoms with E-state index in [1.54, 1.807) is 0 Å². The Balaban J connectivity index is 2.42. The third kappa shape index (κ3) is 3.19. The zero-order chi connectivity index (χ0) is 14.0. The van der Waals surface area contributed by atoms with E-state index in [0.717, 1.165) is 12.0 Å². The first-order chi connectivity index (χ1) is 9.01. The number of carbonyl (C=O) groups excluding carboxylic acids is 2. The lowest BCUT2D eigenvalue weighted by Crippen LogP contribution is -2.10. The molecule has 1 aromatic carbocycles. The van der Waals surface area contributed by atoms with Crippen molar-refractivity contribution in [1.29, 1.82) is 0 Å². The highest BCUT2D eigenvalue weighted by Gasteiger charge is 2.25. The van der Waals surface area contributed by atoms with E-state index in [1.165, 1.54) is 0 Å². The molecule has 4 nitrogen and oxygen atoms in total. The molecule has 0 saturated carbocycles. The Bertz CT molecular complexity index is 636. The second-order valence-corrected chi connectivity index (χ2v) is 5.14. The lowest BCUT2D eigenvalue weighted by molar-refractivity contribution is -0.117. The minimum atomic E-state index is -0.786. The first kappa shape index (κ1) is 14.1. The average Bonchev–Trinajstić information content (AvgIpc) is 2.77. The summed E-state index contributed by atoms with van der Waals surface area (Å²) in [5, 5.41) is -0.853. The van der Waals surface area contributed by atoms with Crippen molar-refractivity contribution < 1.29 is 14.0 Å². The number of carbonyl (C=O) groups is 2. The molecular formula is C13H13NO3S2. The number of hydrogen-bond donors (Lipinski definition) is 2. The number of rotatable bonds is 5. The van der Waals surface area contributed by atoms with Crippen molar-refractivity contribution in [3.63, 3.8) is 0 Å². The molecule has 19 heavy (non-hydrogen) atoms. The van der Waals surface area contributed by atoms with Crippen LogP contribution in [0.25, 0.3) is 11.1 Å². The Labute approximate surface area is 121 Å². The third-order valence-corrected chi connectivity index (χ3v) is 3.35. The largest absolute Gasteiger partial charge is 0.440 e. The number of aryl methyl sites for hydroxylation is 1. The minimum Gasteiger partial charge on any atom is -0.440 e. The van der Waals surface area contributed by atoms with E-state index in [-0.39, 0.29) is 12.3 Å². The van der Waals surface area contributed by atoms with Crippen molar-refractivity contribution in [1.82, 2.24) is 4.98 Å². The number of oxazole rings is 1. The number of hydrogen-bond acceptors (Lipinski definition) is 4. The number of thiol groups is 2. The van der Waals surface area contributed by atoms with Crippen molar-refractivity contribution >= 4 is 46.6 Å². The molecule has 0 spiro atoms. The number of aromatic nitrogens is 1. The fraction of sp³-hybridized carbons (Fsp3) is 0.308. The third-order valence-electron chi connectivity index (χ3n) is 2.85. The normalized spacial score (nSPS) is 12.6. The Hall–Kier alpha value is -1.27. The molecular weight excluding hydrogens is 282 g/mol. The Kier molecular flexibility index (Phi) is 4.31. The standard InChI is InChI=1S/C13H13NO3S2/c1-2-7-3-4-9-10(5-7)17-12(14-9)8(13(16)19)6-11(15)18/h3-5,8H,2,6H2,1H3,(H,15,18)(H,16,19). The Morgan fingerprint density at radius 2 is 2.11 bits per heavy atom. The summed E-state index contributed by atoms with van der Waals surface area (Å²) < 4.78 is 5.57. The smallest absolute Gasteiger partial charge is 0.207 e. The maximum absolute atomic E-state index is 11.5. The summed E-state index contributed by atoms with van der Waals surface area (Å²) in [5.74, 6) is -0.573. The average molecular weight is 295 g/mol. The van der Waals surface area contributed by atoms with Crippen molar-refractivity contribution in [2.45, 2.75) is 25.7 Å². The molecule has 0 bridgehead atoms. The fourth-order valence-corrected chi connectivity index (χ4v) is 2.19. The van der Waals surface area contributed by atoms with Gasteiger partial charge in [0, 0.05) is 6.42 Å². The quantitative estimate of drug-likeness (QED) is 0.833. The second-order valence-electron chi connectivity index (χ2n) is 4.20. The molecule has 1 atom stereocenters. The van der Waals surface area contributed by atoms with E-state index >= 15 is 0 Å². The molecule has 1 unspecified atom stereocenters. The van der Waals surface area contributed by atoms with Gasteiger partial charge in [-0.2, -0.15) is 0 Å². The van der Waals surface area contributed by atoms with Crippen LogP contribution in [0.15, 0.2) is 22.6 Å². The summed E-state index contributed by atoms with van der Waals surface area (Å²) in [6.45, 7) is 2.04. The van der Waals surface area contributed by atoms with Crippen molar-refractivity contribution in [3.05, 3.63) is 29.7 Å². The van der Waals surface area contributed by atoms with Crippen LogP contribution in [0.3, 0.4) is 0 Å². The Morgan fingerprint density at radius 3 is 2.68 bits per heavy atom. The highest BCUT2D eigenvalue weighted by atomic mass is 32.1. The predicted octanol–water partition coefficient (Wildman–Crippen LogP) is 2.78. The van der Waals surface area contributed by atoms with Crippen LogP contribution in [0.4, 0.5) is 0 Å². The molecule has 1 aromatic heterocycles. The molecule has 1 heterocycles. The molecule has 6 heteroatoms.